The van der Waals surface area contributed by atoms with Crippen LogP contribution in [0.5, 0.6) is 0 Å². The Labute approximate surface area is 226 Å². The summed E-state index contributed by atoms with van der Waals surface area (Å²) in [7, 11) is 0. The first kappa shape index (κ1) is 25.3. The van der Waals surface area contributed by atoms with Crippen molar-refractivity contribution in [3.8, 4) is 10.6 Å². The van der Waals surface area contributed by atoms with E-state index < -0.39 is 5.97 Å². The number of ketones is 1. The quantitative estimate of drug-likeness (QED) is 0.328. The topological polar surface area (TPSA) is 115 Å². The van der Waals surface area contributed by atoms with Crippen molar-refractivity contribution >= 4 is 68.7 Å². The summed E-state index contributed by atoms with van der Waals surface area (Å²) in [5.41, 5.74) is 1.29. The monoisotopic (exact) mass is 532 g/mol. The Hall–Kier alpha value is -1.80. The van der Waals surface area contributed by atoms with Gasteiger partial charge in [0.15, 0.2) is 10.9 Å². The normalized spacial score (nSPS) is 20.6. The van der Waals surface area contributed by atoms with Gasteiger partial charge < -0.3 is 21.7 Å². The third kappa shape index (κ3) is 4.32. The molecule has 1 saturated heterocycles. The van der Waals surface area contributed by atoms with E-state index >= 15 is 0 Å². The second-order valence-electron chi connectivity index (χ2n) is 8.18. The van der Waals surface area contributed by atoms with Gasteiger partial charge in [-0.25, -0.2) is 9.78 Å². The van der Waals surface area contributed by atoms with Crippen molar-refractivity contribution in [2.24, 2.45) is 11.8 Å². The Morgan fingerprint density at radius 2 is 1.88 bits per heavy atom. The van der Waals surface area contributed by atoms with Crippen LogP contribution in [0.1, 0.15) is 43.9 Å². The number of halogens is 2. The molecule has 1 aliphatic carbocycles. The second-order valence-corrected chi connectivity index (χ2v) is 11.0. The molecule has 1 unspecified atom stereocenters. The summed E-state index contributed by atoms with van der Waals surface area (Å²) in [4.78, 5) is 47.0. The third-order valence-electron chi connectivity index (χ3n) is 6.04. The molecule has 0 radical (unpaired) electrons. The number of carbonyl (C=O) groups excluding carboxylic acids is 2. The number of rotatable bonds is 6. The van der Waals surface area contributed by atoms with Crippen LogP contribution in [0.2, 0.25) is 10.0 Å². The molecular weight excluding hydrogens is 514 g/mol. The second kappa shape index (κ2) is 9.34. The van der Waals surface area contributed by atoms with Crippen molar-refractivity contribution < 1.29 is 39.8 Å². The zero-order valence-electron chi connectivity index (χ0n) is 19.4. The molecule has 0 aromatic carbocycles. The SMILES string of the molecule is CC(=O)c1ccc(-c2nc(N3C[C@@H]4C(NC(=O)c5[nH]c(C)c(Cl)c5Cl)[C@@H]4C3)sc2C(=O)O)s1.[H-].[Li+]. The number of anilines is 1. The van der Waals surface area contributed by atoms with Crippen LogP contribution in [-0.2, 0) is 0 Å². The number of nitrogens with zero attached hydrogens (tertiary/aromatic N) is 2. The van der Waals surface area contributed by atoms with Gasteiger partial charge in [0.25, 0.3) is 5.91 Å². The number of Topliss-reactive ketones (excluding diaryl/α,β-unsaturated/α-hetero) is 1. The molecule has 13 heteroatoms. The minimum absolute atomic E-state index is 0. The summed E-state index contributed by atoms with van der Waals surface area (Å²) in [6.07, 6.45) is 0. The fourth-order valence-corrected chi connectivity index (χ4v) is 6.57. The number of aromatic nitrogens is 2. The zero-order valence-corrected chi connectivity index (χ0v) is 21.6. The van der Waals surface area contributed by atoms with E-state index in [0.29, 0.717) is 44.4 Å². The summed E-state index contributed by atoms with van der Waals surface area (Å²) in [6, 6.07) is 3.46. The van der Waals surface area contributed by atoms with Gasteiger partial charge in [-0.1, -0.05) is 34.5 Å². The van der Waals surface area contributed by atoms with Crippen LogP contribution in [0.15, 0.2) is 12.1 Å². The molecule has 4 heterocycles. The maximum Gasteiger partial charge on any atom is 1.00 e. The van der Waals surface area contributed by atoms with Gasteiger partial charge in [0, 0.05) is 36.7 Å². The number of aryl methyl sites for hydroxylation is 1. The number of amides is 1. The first-order chi connectivity index (χ1) is 15.7. The van der Waals surface area contributed by atoms with Gasteiger partial charge in [0.1, 0.15) is 16.3 Å². The summed E-state index contributed by atoms with van der Waals surface area (Å²) < 4.78 is 0. The minimum Gasteiger partial charge on any atom is -1.00 e. The molecule has 3 atom stereocenters. The van der Waals surface area contributed by atoms with Crippen molar-refractivity contribution in [1.82, 2.24) is 15.3 Å². The van der Waals surface area contributed by atoms with Gasteiger partial charge in [-0.3, -0.25) is 9.59 Å². The molecule has 34 heavy (non-hydrogen) atoms. The van der Waals surface area contributed by atoms with Gasteiger partial charge in [-0.15, -0.1) is 11.3 Å². The molecule has 3 aromatic rings. The Kier molecular flexibility index (Phi) is 6.95. The maximum atomic E-state index is 12.6. The molecule has 3 aromatic heterocycles. The smallest absolute Gasteiger partial charge is 1.00 e. The van der Waals surface area contributed by atoms with Gasteiger partial charge in [0.05, 0.1) is 19.8 Å². The largest absolute Gasteiger partial charge is 1.00 e. The molecule has 0 bridgehead atoms. The van der Waals surface area contributed by atoms with Crippen molar-refractivity contribution in [1.29, 1.82) is 0 Å². The number of hydrogen-bond donors (Lipinski definition) is 3. The number of H-pyrrole nitrogens is 1. The van der Waals surface area contributed by atoms with Crippen molar-refractivity contribution in [2.45, 2.75) is 19.9 Å². The van der Waals surface area contributed by atoms with Gasteiger partial charge in [-0.05, 0) is 26.0 Å². The number of aromatic amines is 1. The standard InChI is InChI=1S/C21H18Cl2N4O4S2.Li.H/c1-7-13(22)14(23)17(24-7)19(29)25-15-9-5-27(6-10(9)15)21-26-16(18(33-21)20(30)31)12-4-3-11(32-12)8(2)28;;/h3-4,9-10,15,24H,5-6H2,1-2H3,(H,25,29)(H,30,31);;/q;+1;-1/t9-,10+,15?;;. The number of carboxylic acids is 1. The molecule has 2 aliphatic rings. The van der Waals surface area contributed by atoms with Crippen LogP contribution in [0.3, 0.4) is 0 Å². The van der Waals surface area contributed by atoms with Crippen LogP contribution in [0, 0.1) is 18.8 Å². The van der Waals surface area contributed by atoms with E-state index in [2.05, 4.69) is 20.2 Å². The summed E-state index contributed by atoms with van der Waals surface area (Å²) in [5, 5.41) is 13.9. The van der Waals surface area contributed by atoms with E-state index in [1.807, 2.05) is 0 Å². The zero-order chi connectivity index (χ0) is 23.6. The first-order valence-corrected chi connectivity index (χ1v) is 12.5. The van der Waals surface area contributed by atoms with E-state index in [1.54, 1.807) is 19.1 Å². The molecule has 174 valence electrons. The Bertz CT molecular complexity index is 1310. The van der Waals surface area contributed by atoms with Gasteiger partial charge >= 0.3 is 24.8 Å². The number of piperidine rings is 1. The van der Waals surface area contributed by atoms with Gasteiger partial charge in [-0.2, -0.15) is 0 Å². The minimum atomic E-state index is -1.04. The molecule has 8 nitrogen and oxygen atoms in total. The van der Waals surface area contributed by atoms with Crippen molar-refractivity contribution in [3.05, 3.63) is 43.3 Å². The predicted molar refractivity (Wildman–Crippen MR) is 129 cm³/mol. The molecule has 1 saturated carbocycles. The van der Waals surface area contributed by atoms with Crippen LogP contribution >= 0.6 is 45.9 Å². The van der Waals surface area contributed by atoms with Crippen LogP contribution in [0.4, 0.5) is 5.13 Å². The molecule has 1 amide bonds. The Balaban J connectivity index is 0.00000171. The number of fused-ring (bicyclic) bond motifs is 1. The van der Waals surface area contributed by atoms with Crippen LogP contribution in [0.25, 0.3) is 10.6 Å². The molecular formula is C21H19Cl2LiN4O4S2. The average molecular weight is 533 g/mol. The number of carbonyl (C=O) groups is 3. The van der Waals surface area contributed by atoms with E-state index in [1.165, 1.54) is 18.3 Å². The molecule has 5 rings (SSSR count). The third-order valence-corrected chi connectivity index (χ3v) is 9.28. The number of hydrogen-bond acceptors (Lipinski definition) is 7. The van der Waals surface area contributed by atoms with E-state index in [9.17, 15) is 19.5 Å². The number of thiazole rings is 1. The number of thiophene rings is 1. The fraction of sp³-hybridized carbons (Fsp3) is 0.333. The molecule has 1 aliphatic heterocycles. The number of carboxylic acid groups (broad SMARTS) is 1. The Morgan fingerprint density at radius 3 is 2.41 bits per heavy atom. The molecule has 0 spiro atoms. The van der Waals surface area contributed by atoms with E-state index in [4.69, 9.17) is 23.2 Å². The van der Waals surface area contributed by atoms with Crippen molar-refractivity contribution in [3.63, 3.8) is 0 Å². The molecule has 3 N–H and O–H groups in total. The maximum absolute atomic E-state index is 12.6. The predicted octanol–water partition coefficient (Wildman–Crippen LogP) is 1.70. The first-order valence-electron chi connectivity index (χ1n) is 10.1. The fourth-order valence-electron chi connectivity index (χ4n) is 4.26. The number of aromatic carboxylic acids is 1. The number of nitrogens with one attached hydrogen (secondary N) is 2. The molecule has 2 fully saturated rings. The van der Waals surface area contributed by atoms with Crippen molar-refractivity contribution in [2.75, 3.05) is 18.0 Å². The average Bonchev–Trinajstić information content (AvgIpc) is 3.33. The summed E-state index contributed by atoms with van der Waals surface area (Å²) >= 11 is 14.6. The van der Waals surface area contributed by atoms with Crippen LogP contribution < -0.4 is 29.1 Å². The van der Waals surface area contributed by atoms with E-state index in [-0.39, 0.29) is 65.4 Å². The van der Waals surface area contributed by atoms with Crippen LogP contribution in [-0.4, -0.2) is 51.9 Å². The Morgan fingerprint density at radius 1 is 1.21 bits per heavy atom. The summed E-state index contributed by atoms with van der Waals surface area (Å²) in [5.74, 6) is -0.885. The van der Waals surface area contributed by atoms with Gasteiger partial charge in [0.2, 0.25) is 0 Å². The van der Waals surface area contributed by atoms with E-state index in [0.717, 1.165) is 11.3 Å². The summed E-state index contributed by atoms with van der Waals surface area (Å²) in [6.45, 7) is 4.57.